The maximum Gasteiger partial charge on any atom is 0.244 e. The maximum absolute atomic E-state index is 14.1. The topological polar surface area (TPSA) is 86.8 Å². The van der Waals surface area contributed by atoms with Gasteiger partial charge in [-0.15, -0.1) is 0 Å². The maximum atomic E-state index is 14.1. The molecule has 0 radical (unpaired) electrons. The van der Waals surface area contributed by atoms with E-state index in [1.165, 1.54) is 4.90 Å². The van der Waals surface area contributed by atoms with Crippen LogP contribution in [0.3, 0.4) is 0 Å². The molecule has 1 saturated carbocycles. The Morgan fingerprint density at radius 2 is 1.65 bits per heavy atom. The van der Waals surface area contributed by atoms with Crippen LogP contribution in [0, 0.1) is 6.92 Å². The van der Waals surface area contributed by atoms with Gasteiger partial charge in [0, 0.05) is 24.0 Å². The first-order valence-electron chi connectivity index (χ1n) is 13.5. The molecule has 0 aliphatic heterocycles. The molecule has 3 aromatic carbocycles. The van der Waals surface area contributed by atoms with Crippen LogP contribution in [0.25, 0.3) is 0 Å². The third-order valence-corrected chi connectivity index (χ3v) is 8.75. The van der Waals surface area contributed by atoms with E-state index in [4.69, 9.17) is 11.6 Å². The second-order valence-corrected chi connectivity index (χ2v) is 12.7. The molecular weight excluding hydrogens is 546 g/mol. The van der Waals surface area contributed by atoms with Crippen molar-refractivity contribution in [2.75, 3.05) is 17.1 Å². The monoisotopic (exact) mass is 581 g/mol. The van der Waals surface area contributed by atoms with Gasteiger partial charge in [-0.3, -0.25) is 13.9 Å². The highest BCUT2D eigenvalue weighted by Crippen LogP contribution is 2.24. The molecule has 0 spiro atoms. The zero-order valence-corrected chi connectivity index (χ0v) is 24.5. The molecule has 7 nitrogen and oxygen atoms in total. The van der Waals surface area contributed by atoms with E-state index in [2.05, 4.69) is 5.32 Å². The molecular formula is C31H36ClN3O4S. The molecule has 212 valence electrons. The summed E-state index contributed by atoms with van der Waals surface area (Å²) in [4.78, 5) is 29.5. The van der Waals surface area contributed by atoms with Gasteiger partial charge >= 0.3 is 0 Å². The minimum atomic E-state index is -3.81. The summed E-state index contributed by atoms with van der Waals surface area (Å²) < 4.78 is 26.9. The van der Waals surface area contributed by atoms with Crippen LogP contribution in [-0.4, -0.2) is 50.0 Å². The minimum Gasteiger partial charge on any atom is -0.352 e. The Hall–Kier alpha value is -3.36. The molecule has 1 aliphatic rings. The Morgan fingerprint density at radius 3 is 2.30 bits per heavy atom. The van der Waals surface area contributed by atoms with Crippen molar-refractivity contribution < 1.29 is 18.0 Å². The van der Waals surface area contributed by atoms with Gasteiger partial charge in [-0.2, -0.15) is 0 Å². The molecule has 3 aromatic rings. The number of hydrogen-bond donors (Lipinski definition) is 1. The van der Waals surface area contributed by atoms with Crippen LogP contribution < -0.4 is 9.62 Å². The number of rotatable bonds is 11. The van der Waals surface area contributed by atoms with Crippen molar-refractivity contribution >= 4 is 39.1 Å². The number of carbonyl (C=O) groups excluding carboxylic acids is 2. The Labute approximate surface area is 242 Å². The average molecular weight is 582 g/mol. The van der Waals surface area contributed by atoms with Crippen molar-refractivity contribution in [2.24, 2.45) is 0 Å². The molecule has 1 unspecified atom stereocenters. The Bertz CT molecular complexity index is 1430. The highest BCUT2D eigenvalue weighted by Gasteiger charge is 2.34. The molecule has 1 N–H and O–H groups in total. The number of nitrogens with zero attached hydrogens (tertiary/aromatic N) is 2. The predicted octanol–water partition coefficient (Wildman–Crippen LogP) is 5.11. The number of hydrogen-bond acceptors (Lipinski definition) is 4. The first kappa shape index (κ1) is 29.6. The fourth-order valence-corrected chi connectivity index (χ4v) is 6.17. The van der Waals surface area contributed by atoms with E-state index in [1.54, 1.807) is 30.3 Å². The summed E-state index contributed by atoms with van der Waals surface area (Å²) in [7, 11) is -3.81. The fourth-order valence-electron chi connectivity index (χ4n) is 5.13. The molecule has 2 amide bonds. The van der Waals surface area contributed by atoms with E-state index >= 15 is 0 Å². The summed E-state index contributed by atoms with van der Waals surface area (Å²) in [5.41, 5.74) is 2.82. The average Bonchev–Trinajstić information content (AvgIpc) is 3.43. The lowest BCUT2D eigenvalue weighted by atomic mass is 10.0. The molecule has 1 fully saturated rings. The molecule has 40 heavy (non-hydrogen) atoms. The van der Waals surface area contributed by atoms with Crippen LogP contribution in [0.4, 0.5) is 5.69 Å². The van der Waals surface area contributed by atoms with Crippen molar-refractivity contribution in [3.05, 3.63) is 101 Å². The number of amides is 2. The number of sulfonamides is 1. The van der Waals surface area contributed by atoms with E-state index < -0.39 is 28.5 Å². The van der Waals surface area contributed by atoms with Crippen molar-refractivity contribution in [1.82, 2.24) is 10.2 Å². The van der Waals surface area contributed by atoms with Gasteiger partial charge < -0.3 is 10.2 Å². The summed E-state index contributed by atoms with van der Waals surface area (Å²) in [5, 5.41) is 3.63. The molecule has 4 rings (SSSR count). The number of aryl methyl sites for hydroxylation is 1. The summed E-state index contributed by atoms with van der Waals surface area (Å²) in [6.45, 7) is 1.47. The number of anilines is 1. The normalized spacial score (nSPS) is 14.5. The van der Waals surface area contributed by atoms with Crippen LogP contribution in [0.5, 0.6) is 0 Å². The SMILES string of the molecule is Cc1cccc(N(CC(=O)N(Cc2ccccc2Cl)C(Cc2ccccc2)C(=O)NC2CCCC2)S(C)(=O)=O)c1. The van der Waals surface area contributed by atoms with Gasteiger partial charge in [0.25, 0.3) is 0 Å². The van der Waals surface area contributed by atoms with Crippen LogP contribution in [-0.2, 0) is 32.6 Å². The number of benzene rings is 3. The van der Waals surface area contributed by atoms with Gasteiger partial charge in [-0.05, 0) is 54.7 Å². The first-order chi connectivity index (χ1) is 19.1. The van der Waals surface area contributed by atoms with E-state index in [9.17, 15) is 18.0 Å². The van der Waals surface area contributed by atoms with Crippen LogP contribution in [0.2, 0.25) is 5.02 Å². The highest BCUT2D eigenvalue weighted by atomic mass is 35.5. The summed E-state index contributed by atoms with van der Waals surface area (Å²) >= 11 is 6.50. The first-order valence-corrected chi connectivity index (χ1v) is 15.8. The van der Waals surface area contributed by atoms with Gasteiger partial charge in [0.05, 0.1) is 11.9 Å². The zero-order valence-electron chi connectivity index (χ0n) is 22.9. The molecule has 0 bridgehead atoms. The van der Waals surface area contributed by atoms with Gasteiger partial charge in [0.15, 0.2) is 0 Å². The fraction of sp³-hybridized carbons (Fsp3) is 0.355. The lowest BCUT2D eigenvalue weighted by Gasteiger charge is -2.34. The second-order valence-electron chi connectivity index (χ2n) is 10.4. The summed E-state index contributed by atoms with van der Waals surface area (Å²) in [6.07, 6.45) is 5.26. The van der Waals surface area contributed by atoms with Gasteiger partial charge in [-0.25, -0.2) is 8.42 Å². The Balaban J connectivity index is 1.73. The zero-order chi connectivity index (χ0) is 28.7. The third-order valence-electron chi connectivity index (χ3n) is 7.24. The van der Waals surface area contributed by atoms with Crippen molar-refractivity contribution in [3.63, 3.8) is 0 Å². The van der Waals surface area contributed by atoms with Gasteiger partial charge in [-0.1, -0.05) is 85.1 Å². The van der Waals surface area contributed by atoms with E-state index in [0.29, 0.717) is 16.3 Å². The number of carbonyl (C=O) groups is 2. The van der Waals surface area contributed by atoms with Crippen LogP contribution in [0.1, 0.15) is 42.4 Å². The quantitative estimate of drug-likeness (QED) is 0.341. The minimum absolute atomic E-state index is 0.0551. The van der Waals surface area contributed by atoms with Crippen molar-refractivity contribution in [3.8, 4) is 0 Å². The van der Waals surface area contributed by atoms with E-state index in [0.717, 1.165) is 47.4 Å². The van der Waals surface area contributed by atoms with Crippen LogP contribution >= 0.6 is 11.6 Å². The number of halogens is 1. The predicted molar refractivity (Wildman–Crippen MR) is 160 cm³/mol. The smallest absolute Gasteiger partial charge is 0.244 e. The van der Waals surface area contributed by atoms with Crippen molar-refractivity contribution in [2.45, 2.75) is 57.7 Å². The molecule has 9 heteroatoms. The molecule has 0 heterocycles. The Kier molecular flexibility index (Phi) is 9.87. The Morgan fingerprint density at radius 1 is 0.975 bits per heavy atom. The van der Waals surface area contributed by atoms with E-state index in [1.807, 2.05) is 55.5 Å². The summed E-state index contributed by atoms with van der Waals surface area (Å²) in [5.74, 6) is -0.744. The summed E-state index contributed by atoms with van der Waals surface area (Å²) in [6, 6.07) is 22.9. The number of nitrogens with one attached hydrogen (secondary N) is 1. The molecule has 0 saturated heterocycles. The van der Waals surface area contributed by atoms with Gasteiger partial charge in [0.2, 0.25) is 21.8 Å². The van der Waals surface area contributed by atoms with E-state index in [-0.39, 0.29) is 24.9 Å². The van der Waals surface area contributed by atoms with Crippen LogP contribution in [0.15, 0.2) is 78.9 Å². The lowest BCUT2D eigenvalue weighted by Crippen LogP contribution is -2.54. The second kappa shape index (κ2) is 13.3. The van der Waals surface area contributed by atoms with Gasteiger partial charge in [0.1, 0.15) is 12.6 Å². The molecule has 0 aromatic heterocycles. The lowest BCUT2D eigenvalue weighted by molar-refractivity contribution is -0.140. The third kappa shape index (κ3) is 7.86. The standard InChI is InChI=1S/C31H36ClN3O4S/c1-23-11-10-17-27(19-23)35(40(2,38)39)22-30(36)34(21-25-14-6-9-18-28(25)32)29(20-24-12-4-3-5-13-24)31(37)33-26-15-7-8-16-26/h3-6,9-14,17-19,26,29H,7-8,15-16,20-22H2,1-2H3,(H,33,37). The largest absolute Gasteiger partial charge is 0.352 e. The molecule has 1 atom stereocenters. The molecule has 1 aliphatic carbocycles. The van der Waals surface area contributed by atoms with Crippen molar-refractivity contribution in [1.29, 1.82) is 0 Å². The highest BCUT2D eigenvalue weighted by molar-refractivity contribution is 7.92.